The third-order valence-electron chi connectivity index (χ3n) is 2.73. The average Bonchev–Trinajstić information content (AvgIpc) is 2.11. The van der Waals surface area contributed by atoms with Crippen molar-refractivity contribution in [3.63, 3.8) is 0 Å². The summed E-state index contributed by atoms with van der Waals surface area (Å²) in [5.74, 6) is -1.37. The first-order valence-electron chi connectivity index (χ1n) is 6.43. The first-order chi connectivity index (χ1) is 7.72. The highest BCUT2D eigenvalue weighted by atomic mass is 27.2. The summed E-state index contributed by atoms with van der Waals surface area (Å²) in [4.78, 5) is 19.5. The number of Topliss-reactive ketones (excluding diaryl/α,β-unsaturated/α-hetero) is 1. The van der Waals surface area contributed by atoms with Crippen LogP contribution in [0, 0.1) is 0 Å². The SMILES string of the molecule is CC(=O)CC(=O)O.CC[CH2][Al]([CH](C)C)[CH](C)C. The summed E-state index contributed by atoms with van der Waals surface area (Å²) in [6.07, 6.45) is 1.03. The molecular weight excluding hydrogens is 231 g/mol. The monoisotopic (exact) mass is 258 g/mol. The Morgan fingerprint density at radius 3 is 1.59 bits per heavy atom. The second-order valence-electron chi connectivity index (χ2n) is 5.21. The first kappa shape index (κ1) is 19.0. The molecule has 0 aromatic rings. The predicted octanol–water partition coefficient (Wildman–Crippen LogP) is 3.76. The molecule has 0 radical (unpaired) electrons. The van der Waals surface area contributed by atoms with E-state index in [2.05, 4.69) is 34.6 Å². The second-order valence-corrected chi connectivity index (χ2v) is 9.78. The van der Waals surface area contributed by atoms with Crippen LogP contribution >= 0.6 is 0 Å². The predicted molar refractivity (Wildman–Crippen MR) is 74.0 cm³/mol. The van der Waals surface area contributed by atoms with Crippen LogP contribution in [0.1, 0.15) is 54.4 Å². The van der Waals surface area contributed by atoms with E-state index in [0.717, 1.165) is 9.56 Å². The Labute approximate surface area is 110 Å². The van der Waals surface area contributed by atoms with E-state index in [1.807, 2.05) is 0 Å². The molecule has 0 aliphatic carbocycles. The summed E-state index contributed by atoms with van der Waals surface area (Å²) >= 11 is -0.380. The van der Waals surface area contributed by atoms with E-state index >= 15 is 0 Å². The maximum atomic E-state index is 9.87. The van der Waals surface area contributed by atoms with Crippen molar-refractivity contribution in [3.8, 4) is 0 Å². The van der Waals surface area contributed by atoms with Gasteiger partial charge in [-0.1, -0.05) is 55.9 Å². The van der Waals surface area contributed by atoms with E-state index in [1.165, 1.54) is 18.6 Å². The Balaban J connectivity index is 0. The van der Waals surface area contributed by atoms with E-state index < -0.39 is 5.97 Å². The lowest BCUT2D eigenvalue weighted by atomic mass is 10.3. The van der Waals surface area contributed by atoms with Crippen molar-refractivity contribution in [1.82, 2.24) is 0 Å². The van der Waals surface area contributed by atoms with Gasteiger partial charge in [0.15, 0.2) is 0 Å². The molecule has 0 unspecified atom stereocenters. The van der Waals surface area contributed by atoms with E-state index in [0.29, 0.717) is 0 Å². The van der Waals surface area contributed by atoms with Crippen molar-refractivity contribution in [2.24, 2.45) is 0 Å². The molecule has 4 heteroatoms. The van der Waals surface area contributed by atoms with Gasteiger partial charge in [-0.25, -0.2) is 0 Å². The highest BCUT2D eigenvalue weighted by Crippen LogP contribution is 2.24. The molecule has 0 aromatic heterocycles. The minimum atomic E-state index is -1.06. The van der Waals surface area contributed by atoms with E-state index in [1.54, 1.807) is 0 Å². The third kappa shape index (κ3) is 13.6. The number of carboxylic acid groups (broad SMARTS) is 1. The van der Waals surface area contributed by atoms with Crippen LogP contribution in [0.2, 0.25) is 14.8 Å². The van der Waals surface area contributed by atoms with Crippen LogP contribution in [-0.2, 0) is 9.59 Å². The van der Waals surface area contributed by atoms with E-state index in [4.69, 9.17) is 5.11 Å². The Bertz CT molecular complexity index is 205. The summed E-state index contributed by atoms with van der Waals surface area (Å²) in [6.45, 7) is 13.1. The van der Waals surface area contributed by atoms with Gasteiger partial charge in [0.05, 0.1) is 0 Å². The fourth-order valence-corrected chi connectivity index (χ4v) is 5.52. The molecule has 0 amide bonds. The van der Waals surface area contributed by atoms with E-state index in [9.17, 15) is 9.59 Å². The van der Waals surface area contributed by atoms with Gasteiger partial charge in [0.1, 0.15) is 12.2 Å². The van der Waals surface area contributed by atoms with Crippen LogP contribution in [0.25, 0.3) is 0 Å². The molecule has 100 valence electrons. The quantitative estimate of drug-likeness (QED) is 0.583. The number of carboxylic acids is 1. The zero-order valence-corrected chi connectivity index (χ0v) is 13.3. The number of aliphatic carboxylic acids is 1. The number of ketones is 1. The van der Waals surface area contributed by atoms with Crippen molar-refractivity contribution in [2.45, 2.75) is 69.2 Å². The van der Waals surface area contributed by atoms with Crippen molar-refractivity contribution in [2.75, 3.05) is 0 Å². The number of carbonyl (C=O) groups is 2. The molecule has 0 rings (SSSR count). The van der Waals surface area contributed by atoms with Gasteiger partial charge in [-0.2, -0.15) is 0 Å². The Hall–Kier alpha value is -0.328. The molecule has 1 N–H and O–H groups in total. The molecular formula is C13H27AlO3. The largest absolute Gasteiger partial charge is 0.481 e. The minimum Gasteiger partial charge on any atom is -0.481 e. The lowest BCUT2D eigenvalue weighted by molar-refractivity contribution is -0.139. The van der Waals surface area contributed by atoms with Crippen molar-refractivity contribution in [3.05, 3.63) is 0 Å². The molecule has 0 aliphatic heterocycles. The molecule has 17 heavy (non-hydrogen) atoms. The molecule has 3 nitrogen and oxygen atoms in total. The Morgan fingerprint density at radius 1 is 1.12 bits per heavy atom. The molecule has 0 aromatic carbocycles. The molecule has 0 bridgehead atoms. The zero-order chi connectivity index (χ0) is 14.0. The Kier molecular flexibility index (Phi) is 12.1. The van der Waals surface area contributed by atoms with Crippen LogP contribution in [0.4, 0.5) is 0 Å². The second kappa shape index (κ2) is 10.8. The molecule has 0 aliphatic rings. The van der Waals surface area contributed by atoms with Crippen molar-refractivity contribution < 1.29 is 14.7 Å². The lowest BCUT2D eigenvalue weighted by Gasteiger charge is -2.17. The number of hydrogen-bond donors (Lipinski definition) is 1. The van der Waals surface area contributed by atoms with Crippen LogP contribution in [0.3, 0.4) is 0 Å². The lowest BCUT2D eigenvalue weighted by Crippen LogP contribution is -2.19. The number of hydrogen-bond acceptors (Lipinski definition) is 2. The fraction of sp³-hybridized carbons (Fsp3) is 0.846. The summed E-state index contributed by atoms with van der Waals surface area (Å²) in [6, 6.07) is 0. The number of rotatable bonds is 6. The molecule has 0 saturated heterocycles. The average molecular weight is 258 g/mol. The molecule has 0 fully saturated rings. The van der Waals surface area contributed by atoms with Gasteiger partial charge in [-0.15, -0.1) is 0 Å². The van der Waals surface area contributed by atoms with Crippen LogP contribution in [0.5, 0.6) is 0 Å². The van der Waals surface area contributed by atoms with Gasteiger partial charge in [0, 0.05) is 0 Å². The van der Waals surface area contributed by atoms with Gasteiger partial charge < -0.3 is 5.11 Å². The minimum absolute atomic E-state index is 0.312. The molecule has 0 heterocycles. The maximum Gasteiger partial charge on any atom is 0.310 e. The highest BCUT2D eigenvalue weighted by Gasteiger charge is 2.23. The topological polar surface area (TPSA) is 54.4 Å². The van der Waals surface area contributed by atoms with Crippen LogP contribution in [-0.4, -0.2) is 31.0 Å². The van der Waals surface area contributed by atoms with Crippen LogP contribution in [0.15, 0.2) is 0 Å². The summed E-state index contributed by atoms with van der Waals surface area (Å²) in [5.41, 5.74) is 0. The molecule has 0 atom stereocenters. The van der Waals surface area contributed by atoms with E-state index in [-0.39, 0.29) is 26.4 Å². The van der Waals surface area contributed by atoms with Crippen molar-refractivity contribution in [1.29, 1.82) is 0 Å². The van der Waals surface area contributed by atoms with Crippen LogP contribution < -0.4 is 0 Å². The van der Waals surface area contributed by atoms with Gasteiger partial charge in [-0.05, 0) is 6.92 Å². The number of carbonyl (C=O) groups excluding carboxylic acids is 1. The molecule has 0 saturated carbocycles. The first-order valence-corrected chi connectivity index (χ1v) is 8.58. The summed E-state index contributed by atoms with van der Waals surface area (Å²) in [7, 11) is 0. The van der Waals surface area contributed by atoms with Gasteiger partial charge in [0.2, 0.25) is 0 Å². The standard InChI is InChI=1S/C4H6O3.3C3H7.Al/c1-3(5)2-4(6)7;3*1-3-2;/h2H2,1H3,(H,6,7);2*3H,1-2H3;1,3H2,2H3;. The smallest absolute Gasteiger partial charge is 0.310 e. The maximum absolute atomic E-state index is 9.87. The van der Waals surface area contributed by atoms with Gasteiger partial charge in [-0.3, -0.25) is 9.59 Å². The van der Waals surface area contributed by atoms with Gasteiger partial charge in [0.25, 0.3) is 14.1 Å². The fourth-order valence-electron chi connectivity index (χ4n) is 1.98. The van der Waals surface area contributed by atoms with Crippen molar-refractivity contribution >= 4 is 25.9 Å². The summed E-state index contributed by atoms with van der Waals surface area (Å²) in [5, 5.41) is 9.40. The normalized spacial score (nSPS) is 9.88. The zero-order valence-electron chi connectivity index (χ0n) is 12.1. The third-order valence-corrected chi connectivity index (χ3v) is 7.40. The molecule has 0 spiro atoms. The highest BCUT2D eigenvalue weighted by molar-refractivity contribution is 6.61. The summed E-state index contributed by atoms with van der Waals surface area (Å²) < 4.78 is 2.00. The Morgan fingerprint density at radius 2 is 1.53 bits per heavy atom. The van der Waals surface area contributed by atoms with Gasteiger partial charge >= 0.3 is 5.97 Å².